The molecule has 0 fully saturated rings. The van der Waals surface area contributed by atoms with Crippen LogP contribution in [0.3, 0.4) is 0 Å². The summed E-state index contributed by atoms with van der Waals surface area (Å²) in [5.41, 5.74) is 1.87. The van der Waals surface area contributed by atoms with Gasteiger partial charge >= 0.3 is 0 Å². The molecule has 0 aliphatic carbocycles. The average Bonchev–Trinajstić information content (AvgIpc) is 2.76. The highest BCUT2D eigenvalue weighted by atomic mass is 32.2. The highest BCUT2D eigenvalue weighted by molar-refractivity contribution is 7.99. The van der Waals surface area contributed by atoms with Gasteiger partial charge < -0.3 is 10.1 Å². The lowest BCUT2D eigenvalue weighted by atomic mass is 10.0. The van der Waals surface area contributed by atoms with Gasteiger partial charge in [0.15, 0.2) is 0 Å². The number of nitrogens with one attached hydrogen (secondary N) is 1. The molecule has 0 radical (unpaired) electrons. The second-order valence-corrected chi connectivity index (χ2v) is 7.72. The molecule has 144 valence electrons. The van der Waals surface area contributed by atoms with Crippen LogP contribution in [-0.4, -0.2) is 24.8 Å². The molecule has 0 aromatic heterocycles. The number of carbonyl (C=O) groups excluding carboxylic acids is 1. The first-order chi connectivity index (χ1) is 13.7. The molecule has 28 heavy (non-hydrogen) atoms. The van der Waals surface area contributed by atoms with E-state index in [1.807, 2.05) is 60.7 Å². The summed E-state index contributed by atoms with van der Waals surface area (Å²) >= 11 is 1.77. The predicted molar refractivity (Wildman–Crippen MR) is 116 cm³/mol. The lowest BCUT2D eigenvalue weighted by Gasteiger charge is -2.13. The number of ether oxygens (including phenoxy) is 1. The van der Waals surface area contributed by atoms with Gasteiger partial charge in [-0.2, -0.15) is 0 Å². The van der Waals surface area contributed by atoms with Gasteiger partial charge in [-0.05, 0) is 47.9 Å². The Balaban J connectivity index is 1.41. The number of hydrogen-bond acceptors (Lipinski definition) is 3. The van der Waals surface area contributed by atoms with E-state index in [0.717, 1.165) is 11.5 Å². The fourth-order valence-corrected chi connectivity index (χ4v) is 3.54. The Bertz CT molecular complexity index is 851. The Morgan fingerprint density at radius 3 is 2.25 bits per heavy atom. The third kappa shape index (κ3) is 6.17. The lowest BCUT2D eigenvalue weighted by Crippen LogP contribution is -2.27. The summed E-state index contributed by atoms with van der Waals surface area (Å²) in [6.45, 7) is 3.34. The normalized spacial score (nSPS) is 11.6. The fourth-order valence-electron chi connectivity index (χ4n) is 2.79. The van der Waals surface area contributed by atoms with Crippen LogP contribution in [0, 0.1) is 0 Å². The van der Waals surface area contributed by atoms with Crippen molar-refractivity contribution < 1.29 is 9.53 Å². The molecule has 0 saturated heterocycles. The molecule has 1 atom stereocenters. The monoisotopic (exact) mass is 391 g/mol. The minimum Gasteiger partial charge on any atom is -0.493 e. The summed E-state index contributed by atoms with van der Waals surface area (Å²) in [5.74, 6) is 1.87. The number of benzene rings is 3. The smallest absolute Gasteiger partial charge is 0.251 e. The molecule has 1 amide bonds. The van der Waals surface area contributed by atoms with Gasteiger partial charge in [0.1, 0.15) is 5.75 Å². The molecule has 0 saturated carbocycles. The highest BCUT2D eigenvalue weighted by Crippen LogP contribution is 2.18. The first-order valence-corrected chi connectivity index (χ1v) is 10.4. The molecule has 0 unspecified atom stereocenters. The molecule has 4 heteroatoms. The molecule has 0 aliphatic heterocycles. The number of amides is 1. The minimum atomic E-state index is -0.0611. The van der Waals surface area contributed by atoms with Crippen LogP contribution in [0.25, 0.3) is 0 Å². The molecule has 3 aromatic carbocycles. The second kappa shape index (κ2) is 10.6. The van der Waals surface area contributed by atoms with Crippen molar-refractivity contribution >= 4 is 17.7 Å². The fraction of sp³-hybridized carbons (Fsp3) is 0.208. The quantitative estimate of drug-likeness (QED) is 0.392. The Labute approximate surface area is 171 Å². The van der Waals surface area contributed by atoms with Crippen molar-refractivity contribution in [3.63, 3.8) is 0 Å². The van der Waals surface area contributed by atoms with Gasteiger partial charge in [-0.25, -0.2) is 0 Å². The van der Waals surface area contributed by atoms with Crippen molar-refractivity contribution in [2.75, 3.05) is 18.9 Å². The number of thioether (sulfide) groups is 1. The Kier molecular flexibility index (Phi) is 7.56. The van der Waals surface area contributed by atoms with Crippen LogP contribution in [0.2, 0.25) is 0 Å². The SMILES string of the molecule is C[C@@H](CNC(=O)c1ccc(OCCSc2ccccc2)cc1)c1ccccc1. The first kappa shape index (κ1) is 20.0. The largest absolute Gasteiger partial charge is 0.493 e. The van der Waals surface area contributed by atoms with Crippen molar-refractivity contribution in [3.05, 3.63) is 96.1 Å². The topological polar surface area (TPSA) is 38.3 Å². The third-order valence-electron chi connectivity index (χ3n) is 4.42. The van der Waals surface area contributed by atoms with E-state index in [-0.39, 0.29) is 11.8 Å². The van der Waals surface area contributed by atoms with Crippen LogP contribution in [0.1, 0.15) is 28.8 Å². The maximum absolute atomic E-state index is 12.4. The van der Waals surface area contributed by atoms with Crippen molar-refractivity contribution in [1.82, 2.24) is 5.32 Å². The molecular weight excluding hydrogens is 366 g/mol. The van der Waals surface area contributed by atoms with Crippen molar-refractivity contribution in [2.24, 2.45) is 0 Å². The average molecular weight is 392 g/mol. The van der Waals surface area contributed by atoms with Crippen molar-refractivity contribution in [3.8, 4) is 5.75 Å². The number of carbonyl (C=O) groups is 1. The van der Waals surface area contributed by atoms with E-state index in [4.69, 9.17) is 4.74 Å². The van der Waals surface area contributed by atoms with Gasteiger partial charge in [0, 0.05) is 22.8 Å². The van der Waals surface area contributed by atoms with Crippen LogP contribution in [0.5, 0.6) is 5.75 Å². The van der Waals surface area contributed by atoms with Crippen LogP contribution in [0.4, 0.5) is 0 Å². The molecule has 3 aromatic rings. The molecule has 0 bridgehead atoms. The zero-order valence-corrected chi connectivity index (χ0v) is 16.8. The summed E-state index contributed by atoms with van der Waals surface area (Å²) in [5, 5.41) is 3.00. The van der Waals surface area contributed by atoms with E-state index in [1.54, 1.807) is 11.8 Å². The third-order valence-corrected chi connectivity index (χ3v) is 5.39. The number of rotatable bonds is 9. The van der Waals surface area contributed by atoms with Gasteiger partial charge in [0.25, 0.3) is 5.91 Å². The van der Waals surface area contributed by atoms with Crippen LogP contribution in [0.15, 0.2) is 89.8 Å². The summed E-state index contributed by atoms with van der Waals surface area (Å²) in [6.07, 6.45) is 0. The minimum absolute atomic E-state index is 0.0611. The van der Waals surface area contributed by atoms with E-state index < -0.39 is 0 Å². The van der Waals surface area contributed by atoms with Gasteiger partial charge in [-0.1, -0.05) is 55.5 Å². The van der Waals surface area contributed by atoms with E-state index in [1.165, 1.54) is 10.5 Å². The second-order valence-electron chi connectivity index (χ2n) is 6.56. The van der Waals surface area contributed by atoms with Crippen molar-refractivity contribution in [1.29, 1.82) is 0 Å². The number of hydrogen-bond donors (Lipinski definition) is 1. The summed E-state index contributed by atoms with van der Waals surface area (Å²) < 4.78 is 5.77. The van der Waals surface area contributed by atoms with E-state index in [0.29, 0.717) is 18.7 Å². The Hall–Kier alpha value is -2.72. The van der Waals surface area contributed by atoms with Gasteiger partial charge in [-0.3, -0.25) is 4.79 Å². The van der Waals surface area contributed by atoms with Gasteiger partial charge in [0.05, 0.1) is 6.61 Å². The maximum atomic E-state index is 12.4. The van der Waals surface area contributed by atoms with Gasteiger partial charge in [-0.15, -0.1) is 11.8 Å². The highest BCUT2D eigenvalue weighted by Gasteiger charge is 2.09. The Morgan fingerprint density at radius 1 is 0.929 bits per heavy atom. The van der Waals surface area contributed by atoms with E-state index >= 15 is 0 Å². The molecule has 3 rings (SSSR count). The molecule has 1 N–H and O–H groups in total. The van der Waals surface area contributed by atoms with Gasteiger partial charge in [0.2, 0.25) is 0 Å². The lowest BCUT2D eigenvalue weighted by molar-refractivity contribution is 0.0951. The van der Waals surface area contributed by atoms with Crippen LogP contribution >= 0.6 is 11.8 Å². The molecule has 0 aliphatic rings. The predicted octanol–water partition coefficient (Wildman–Crippen LogP) is 5.39. The molecule has 0 spiro atoms. The van der Waals surface area contributed by atoms with Crippen LogP contribution < -0.4 is 10.1 Å². The molecular formula is C24H25NO2S. The van der Waals surface area contributed by atoms with E-state index in [2.05, 4.69) is 36.5 Å². The standard InChI is InChI=1S/C24H25NO2S/c1-19(20-8-4-2-5-9-20)18-25-24(26)21-12-14-22(15-13-21)27-16-17-28-23-10-6-3-7-11-23/h2-15,19H,16-18H2,1H3,(H,25,26)/t19-/m0/s1. The first-order valence-electron chi connectivity index (χ1n) is 9.46. The Morgan fingerprint density at radius 2 is 1.57 bits per heavy atom. The summed E-state index contributed by atoms with van der Waals surface area (Å²) in [7, 11) is 0. The maximum Gasteiger partial charge on any atom is 0.251 e. The molecule has 3 nitrogen and oxygen atoms in total. The van der Waals surface area contributed by atoms with Crippen LogP contribution in [-0.2, 0) is 0 Å². The zero-order valence-electron chi connectivity index (χ0n) is 16.0. The van der Waals surface area contributed by atoms with E-state index in [9.17, 15) is 4.79 Å². The zero-order chi connectivity index (χ0) is 19.6. The molecule has 0 heterocycles. The van der Waals surface area contributed by atoms with Crippen molar-refractivity contribution in [2.45, 2.75) is 17.7 Å². The summed E-state index contributed by atoms with van der Waals surface area (Å²) in [6, 6.07) is 27.8. The summed E-state index contributed by atoms with van der Waals surface area (Å²) in [4.78, 5) is 13.6.